The average Bonchev–Trinajstić information content (AvgIpc) is 2.61. The Kier molecular flexibility index (Phi) is 16.4. The van der Waals surface area contributed by atoms with Gasteiger partial charge in [-0.1, -0.05) is 88.4 Å². The molecule has 27 heavy (non-hydrogen) atoms. The Hall–Kier alpha value is -1.08. The highest BCUT2D eigenvalue weighted by molar-refractivity contribution is 7.85. The fraction of sp³-hybridized carbons (Fsp3) is 0.895. The number of aliphatic hydroxyl groups is 1. The predicted octanol–water partition coefficient (Wildman–Crippen LogP) is 5.26. The second-order valence-electron chi connectivity index (χ2n) is 7.00. The van der Waals surface area contributed by atoms with Gasteiger partial charge in [0.25, 0.3) is 10.1 Å². The summed E-state index contributed by atoms with van der Waals surface area (Å²) in [7, 11) is -3.64. The molecule has 0 aliphatic rings. The van der Waals surface area contributed by atoms with Crippen LogP contribution in [-0.2, 0) is 14.3 Å². The van der Waals surface area contributed by atoms with Crippen molar-refractivity contribution >= 4 is 10.1 Å². The summed E-state index contributed by atoms with van der Waals surface area (Å²) >= 11 is 0. The van der Waals surface area contributed by atoms with E-state index >= 15 is 0 Å². The fourth-order valence-electron chi connectivity index (χ4n) is 2.75. The minimum absolute atomic E-state index is 0.368. The molecule has 8 heteroatoms. The van der Waals surface area contributed by atoms with E-state index in [9.17, 15) is 13.5 Å². The molecule has 0 fully saturated rings. The summed E-state index contributed by atoms with van der Waals surface area (Å²) < 4.78 is 26.6. The Morgan fingerprint density at radius 3 is 2.04 bits per heavy atom. The van der Waals surface area contributed by atoms with Crippen molar-refractivity contribution in [1.29, 1.82) is 0 Å². The molecule has 0 aliphatic heterocycles. The van der Waals surface area contributed by atoms with Crippen LogP contribution >= 0.6 is 0 Å². The molecule has 0 aliphatic carbocycles. The molecular formula is C19H37N3O4S. The van der Waals surface area contributed by atoms with Crippen molar-refractivity contribution in [2.45, 2.75) is 96.1 Å². The normalized spacial score (nSPS) is 14.2. The largest absolute Gasteiger partial charge is 0.389 e. The van der Waals surface area contributed by atoms with Crippen LogP contribution in [0.5, 0.6) is 0 Å². The highest BCUT2D eigenvalue weighted by atomic mass is 32.2. The number of rotatable bonds is 18. The van der Waals surface area contributed by atoms with E-state index in [-0.39, 0.29) is 6.61 Å². The molecule has 0 saturated heterocycles. The standard InChI is InChI=1S/C19H37N3O4S/c1-3-4-5-6-7-8-9-10-11-12-13-14-15-16-19(23)18(21-22-20)17-26-27(2,24)25/h15-16,18-19,23H,3-14,17H2,1-2H3/b16-15+/t18-,19+/m0/s1. The highest BCUT2D eigenvalue weighted by Crippen LogP contribution is 2.12. The molecule has 0 rings (SSSR count). The molecule has 0 aromatic rings. The monoisotopic (exact) mass is 403 g/mol. The van der Waals surface area contributed by atoms with Crippen LogP contribution in [-0.4, -0.2) is 38.5 Å². The van der Waals surface area contributed by atoms with Crippen molar-refractivity contribution in [1.82, 2.24) is 0 Å². The summed E-state index contributed by atoms with van der Waals surface area (Å²) in [5.74, 6) is 0. The predicted molar refractivity (Wildman–Crippen MR) is 110 cm³/mol. The first kappa shape index (κ1) is 25.9. The molecule has 0 bridgehead atoms. The fourth-order valence-corrected chi connectivity index (χ4v) is 3.14. The van der Waals surface area contributed by atoms with E-state index in [0.717, 1.165) is 25.5 Å². The number of hydrogen-bond acceptors (Lipinski definition) is 5. The van der Waals surface area contributed by atoms with E-state index in [1.807, 2.05) is 6.08 Å². The first-order valence-electron chi connectivity index (χ1n) is 10.1. The first-order valence-corrected chi connectivity index (χ1v) is 12.0. The van der Waals surface area contributed by atoms with Crippen LogP contribution in [0.4, 0.5) is 0 Å². The van der Waals surface area contributed by atoms with Crippen molar-refractivity contribution in [3.05, 3.63) is 22.6 Å². The number of unbranched alkanes of at least 4 members (excludes halogenated alkanes) is 11. The molecule has 0 amide bonds. The minimum Gasteiger partial charge on any atom is -0.389 e. The van der Waals surface area contributed by atoms with Crippen LogP contribution in [0.3, 0.4) is 0 Å². The molecule has 0 aromatic heterocycles. The van der Waals surface area contributed by atoms with Gasteiger partial charge in [0, 0.05) is 4.91 Å². The van der Waals surface area contributed by atoms with Gasteiger partial charge in [-0.3, -0.25) is 4.18 Å². The van der Waals surface area contributed by atoms with E-state index in [1.54, 1.807) is 6.08 Å². The van der Waals surface area contributed by atoms with Gasteiger partial charge in [0.2, 0.25) is 0 Å². The zero-order valence-corrected chi connectivity index (χ0v) is 17.7. The Morgan fingerprint density at radius 2 is 1.56 bits per heavy atom. The lowest BCUT2D eigenvalue weighted by molar-refractivity contribution is 0.155. The van der Waals surface area contributed by atoms with Crippen LogP contribution in [0.2, 0.25) is 0 Å². The first-order chi connectivity index (χ1) is 12.9. The SMILES string of the molecule is CCCCCCCCCCCCC/C=C/[C@@H](O)[C@H](COS(C)(=O)=O)N=[N+]=[N-]. The Balaban J connectivity index is 3.76. The Labute approximate surface area is 164 Å². The number of aliphatic hydroxyl groups excluding tert-OH is 1. The summed E-state index contributed by atoms with van der Waals surface area (Å²) in [5, 5.41) is 13.4. The van der Waals surface area contributed by atoms with E-state index in [1.165, 1.54) is 57.8 Å². The number of hydrogen-bond donors (Lipinski definition) is 1. The Morgan fingerprint density at radius 1 is 1.04 bits per heavy atom. The topological polar surface area (TPSA) is 112 Å². The summed E-state index contributed by atoms with van der Waals surface area (Å²) in [4.78, 5) is 2.63. The van der Waals surface area contributed by atoms with Gasteiger partial charge in [-0.2, -0.15) is 8.42 Å². The summed E-state index contributed by atoms with van der Waals surface area (Å²) in [6.07, 6.45) is 18.2. The van der Waals surface area contributed by atoms with E-state index in [2.05, 4.69) is 21.1 Å². The smallest absolute Gasteiger partial charge is 0.264 e. The third-order valence-corrected chi connectivity index (χ3v) is 4.92. The second kappa shape index (κ2) is 17.0. The molecule has 0 radical (unpaired) electrons. The van der Waals surface area contributed by atoms with Gasteiger partial charge >= 0.3 is 0 Å². The molecule has 1 N–H and O–H groups in total. The van der Waals surface area contributed by atoms with Crippen LogP contribution < -0.4 is 0 Å². The van der Waals surface area contributed by atoms with Crippen LogP contribution in [0.25, 0.3) is 10.4 Å². The van der Waals surface area contributed by atoms with E-state index in [4.69, 9.17) is 5.53 Å². The van der Waals surface area contributed by atoms with Gasteiger partial charge < -0.3 is 5.11 Å². The van der Waals surface area contributed by atoms with Crippen molar-refractivity contribution in [2.24, 2.45) is 5.11 Å². The molecule has 0 unspecified atom stereocenters. The minimum atomic E-state index is -3.64. The summed E-state index contributed by atoms with van der Waals surface area (Å²) in [5.41, 5.74) is 8.52. The number of azide groups is 1. The summed E-state index contributed by atoms with van der Waals surface area (Å²) in [6, 6.07) is -0.960. The highest BCUT2D eigenvalue weighted by Gasteiger charge is 2.17. The van der Waals surface area contributed by atoms with Gasteiger partial charge in [-0.15, -0.1) is 0 Å². The van der Waals surface area contributed by atoms with Gasteiger partial charge in [0.05, 0.1) is 25.0 Å². The molecule has 0 saturated carbocycles. The Bertz CT molecular complexity index is 531. The van der Waals surface area contributed by atoms with Crippen molar-refractivity contribution in [3.63, 3.8) is 0 Å². The third kappa shape index (κ3) is 18.1. The zero-order valence-electron chi connectivity index (χ0n) is 16.9. The van der Waals surface area contributed by atoms with Crippen molar-refractivity contribution in [2.75, 3.05) is 12.9 Å². The zero-order chi connectivity index (χ0) is 20.4. The molecule has 2 atom stereocenters. The van der Waals surface area contributed by atoms with Crippen LogP contribution in [0.15, 0.2) is 17.3 Å². The molecule has 0 aromatic carbocycles. The lowest BCUT2D eigenvalue weighted by atomic mass is 10.0. The number of allylic oxidation sites excluding steroid dienone is 1. The lowest BCUT2D eigenvalue weighted by Crippen LogP contribution is -2.28. The van der Waals surface area contributed by atoms with Crippen molar-refractivity contribution in [3.8, 4) is 0 Å². The lowest BCUT2D eigenvalue weighted by Gasteiger charge is -2.14. The maximum Gasteiger partial charge on any atom is 0.264 e. The van der Waals surface area contributed by atoms with Gasteiger partial charge in [0.15, 0.2) is 0 Å². The maximum absolute atomic E-state index is 11.0. The van der Waals surface area contributed by atoms with Gasteiger partial charge in [0.1, 0.15) is 0 Å². The van der Waals surface area contributed by atoms with Crippen LogP contribution in [0.1, 0.15) is 84.0 Å². The number of nitrogens with zero attached hydrogens (tertiary/aromatic N) is 3. The van der Waals surface area contributed by atoms with Gasteiger partial charge in [-0.25, -0.2) is 0 Å². The summed E-state index contributed by atoms with van der Waals surface area (Å²) in [6.45, 7) is 1.87. The van der Waals surface area contributed by atoms with Crippen LogP contribution in [0, 0.1) is 0 Å². The maximum atomic E-state index is 11.0. The molecule has 0 heterocycles. The van der Waals surface area contributed by atoms with E-state index < -0.39 is 22.3 Å². The van der Waals surface area contributed by atoms with Gasteiger partial charge in [-0.05, 0) is 18.4 Å². The second-order valence-corrected chi connectivity index (χ2v) is 8.65. The molecule has 158 valence electrons. The van der Waals surface area contributed by atoms with Crippen molar-refractivity contribution < 1.29 is 17.7 Å². The average molecular weight is 404 g/mol. The molecular weight excluding hydrogens is 366 g/mol. The quantitative estimate of drug-likeness (QED) is 0.0839. The molecule has 0 spiro atoms. The van der Waals surface area contributed by atoms with E-state index in [0.29, 0.717) is 0 Å². The third-order valence-electron chi connectivity index (χ3n) is 4.35. The molecule has 7 nitrogen and oxygen atoms in total.